The number of aromatic nitrogens is 1. The normalized spacial score (nSPS) is 9.47. The van der Waals surface area contributed by atoms with Gasteiger partial charge in [0.25, 0.3) is 5.91 Å². The average molecular weight is 253 g/mol. The van der Waals surface area contributed by atoms with Crippen molar-refractivity contribution >= 4 is 29.2 Å². The summed E-state index contributed by atoms with van der Waals surface area (Å²) in [6.45, 7) is 1.39. The molecule has 0 unspecified atom stereocenters. The first-order valence-corrected chi connectivity index (χ1v) is 5.09. The van der Waals surface area contributed by atoms with Gasteiger partial charge in [-0.05, 0) is 24.4 Å². The molecular formula is C10H11N3O3S. The fourth-order valence-electron chi connectivity index (χ4n) is 1.00. The van der Waals surface area contributed by atoms with Crippen LogP contribution in [0.3, 0.4) is 0 Å². The summed E-state index contributed by atoms with van der Waals surface area (Å²) in [5.41, 5.74) is 6.03. The van der Waals surface area contributed by atoms with E-state index in [1.807, 2.05) is 0 Å². The van der Waals surface area contributed by atoms with E-state index in [0.717, 1.165) is 0 Å². The largest absolute Gasteiger partial charge is 0.459 e. The van der Waals surface area contributed by atoms with Gasteiger partial charge in [-0.1, -0.05) is 0 Å². The van der Waals surface area contributed by atoms with Crippen LogP contribution in [-0.2, 0) is 16.1 Å². The van der Waals surface area contributed by atoms with Gasteiger partial charge in [0.05, 0.1) is 11.3 Å². The van der Waals surface area contributed by atoms with E-state index in [0.29, 0.717) is 11.3 Å². The predicted molar refractivity (Wildman–Crippen MR) is 64.0 cm³/mol. The topological polar surface area (TPSA) is 94.3 Å². The van der Waals surface area contributed by atoms with E-state index in [4.69, 9.17) is 10.5 Å². The van der Waals surface area contributed by atoms with E-state index in [9.17, 15) is 9.59 Å². The Morgan fingerprint density at radius 1 is 1.53 bits per heavy atom. The minimum Gasteiger partial charge on any atom is -0.459 e. The van der Waals surface area contributed by atoms with Crippen molar-refractivity contribution in [2.75, 3.05) is 0 Å². The van der Waals surface area contributed by atoms with Crippen molar-refractivity contribution in [2.24, 2.45) is 5.73 Å². The summed E-state index contributed by atoms with van der Waals surface area (Å²) in [6, 6.07) is 3.12. The molecule has 0 atom stereocenters. The summed E-state index contributed by atoms with van der Waals surface area (Å²) >= 11 is 4.54. The highest BCUT2D eigenvalue weighted by Gasteiger charge is 2.06. The number of ether oxygens (including phenoxy) is 1. The quantitative estimate of drug-likeness (QED) is 0.587. The summed E-state index contributed by atoms with van der Waals surface area (Å²) in [5, 5.41) is 2.18. The van der Waals surface area contributed by atoms with Crippen LogP contribution in [0.15, 0.2) is 18.3 Å². The number of carbonyl (C=O) groups is 2. The molecule has 7 heteroatoms. The molecule has 0 aliphatic carbocycles. The Morgan fingerprint density at radius 2 is 2.24 bits per heavy atom. The molecule has 1 rings (SSSR count). The number of hydrogen-bond acceptors (Lipinski definition) is 5. The molecule has 6 nitrogen and oxygen atoms in total. The van der Waals surface area contributed by atoms with E-state index >= 15 is 0 Å². The SMILES string of the molecule is CC(=O)OCc1ccc(C(=O)NC(N)=S)cn1. The van der Waals surface area contributed by atoms with E-state index in [-0.39, 0.29) is 17.7 Å². The molecular weight excluding hydrogens is 242 g/mol. The number of amides is 1. The highest BCUT2D eigenvalue weighted by Crippen LogP contribution is 2.02. The second kappa shape index (κ2) is 5.90. The van der Waals surface area contributed by atoms with Gasteiger partial charge in [-0.25, -0.2) is 0 Å². The number of pyridine rings is 1. The maximum atomic E-state index is 11.4. The predicted octanol–water partition coefficient (Wildman–Crippen LogP) is 0.118. The fourth-order valence-corrected chi connectivity index (χ4v) is 1.10. The fraction of sp³-hybridized carbons (Fsp3) is 0.200. The maximum absolute atomic E-state index is 11.4. The van der Waals surface area contributed by atoms with Gasteiger partial charge in [0.2, 0.25) is 0 Å². The Bertz CT molecular complexity index is 445. The Labute approximate surface area is 103 Å². The van der Waals surface area contributed by atoms with Crippen molar-refractivity contribution in [3.05, 3.63) is 29.6 Å². The molecule has 0 aliphatic rings. The molecule has 0 saturated carbocycles. The first-order chi connectivity index (χ1) is 7.99. The molecule has 1 amide bonds. The van der Waals surface area contributed by atoms with Crippen molar-refractivity contribution < 1.29 is 14.3 Å². The lowest BCUT2D eigenvalue weighted by molar-refractivity contribution is -0.142. The molecule has 0 saturated heterocycles. The van der Waals surface area contributed by atoms with Crippen molar-refractivity contribution in [1.29, 1.82) is 0 Å². The number of rotatable bonds is 3. The molecule has 3 N–H and O–H groups in total. The van der Waals surface area contributed by atoms with Crippen LogP contribution in [0, 0.1) is 0 Å². The smallest absolute Gasteiger partial charge is 0.303 e. The molecule has 1 aromatic rings. The zero-order valence-corrected chi connectivity index (χ0v) is 9.91. The summed E-state index contributed by atoms with van der Waals surface area (Å²) in [6.07, 6.45) is 1.35. The minimum absolute atomic E-state index is 0.0759. The second-order valence-corrected chi connectivity index (χ2v) is 3.58. The Balaban J connectivity index is 2.64. The summed E-state index contributed by atoms with van der Waals surface area (Å²) < 4.78 is 4.75. The summed E-state index contributed by atoms with van der Waals surface area (Å²) in [7, 11) is 0. The van der Waals surface area contributed by atoms with Crippen LogP contribution in [0.4, 0.5) is 0 Å². The number of nitrogens with one attached hydrogen (secondary N) is 1. The van der Waals surface area contributed by atoms with Gasteiger partial charge in [-0.2, -0.15) is 0 Å². The zero-order valence-electron chi connectivity index (χ0n) is 9.10. The highest BCUT2D eigenvalue weighted by molar-refractivity contribution is 7.80. The van der Waals surface area contributed by atoms with Crippen LogP contribution in [0.2, 0.25) is 0 Å². The van der Waals surface area contributed by atoms with Crippen molar-refractivity contribution in [2.45, 2.75) is 13.5 Å². The number of nitrogens with two attached hydrogens (primary N) is 1. The Morgan fingerprint density at radius 3 is 2.71 bits per heavy atom. The van der Waals surface area contributed by atoms with Crippen LogP contribution in [-0.4, -0.2) is 22.0 Å². The molecule has 0 spiro atoms. The molecule has 0 bridgehead atoms. The lowest BCUT2D eigenvalue weighted by Crippen LogP contribution is -2.34. The average Bonchev–Trinajstić information content (AvgIpc) is 2.26. The molecule has 0 fully saturated rings. The monoisotopic (exact) mass is 253 g/mol. The van der Waals surface area contributed by atoms with E-state index in [1.54, 1.807) is 12.1 Å². The number of nitrogens with zero attached hydrogens (tertiary/aromatic N) is 1. The van der Waals surface area contributed by atoms with Gasteiger partial charge >= 0.3 is 5.97 Å². The van der Waals surface area contributed by atoms with Gasteiger partial charge in [0.1, 0.15) is 6.61 Å². The number of hydrogen-bond donors (Lipinski definition) is 2. The van der Waals surface area contributed by atoms with Crippen molar-refractivity contribution in [3.8, 4) is 0 Å². The minimum atomic E-state index is -0.427. The third-order valence-electron chi connectivity index (χ3n) is 1.75. The number of thiocarbonyl (C=S) groups is 1. The molecule has 1 aromatic heterocycles. The van der Waals surface area contributed by atoms with E-state index in [2.05, 4.69) is 22.5 Å². The van der Waals surface area contributed by atoms with Gasteiger partial charge in [-0.15, -0.1) is 0 Å². The van der Waals surface area contributed by atoms with Crippen LogP contribution in [0.1, 0.15) is 23.0 Å². The highest BCUT2D eigenvalue weighted by atomic mass is 32.1. The molecule has 0 aromatic carbocycles. The van der Waals surface area contributed by atoms with E-state index < -0.39 is 5.91 Å². The molecule has 0 radical (unpaired) electrons. The second-order valence-electron chi connectivity index (χ2n) is 3.14. The number of esters is 1. The van der Waals surface area contributed by atoms with E-state index in [1.165, 1.54) is 13.1 Å². The zero-order chi connectivity index (χ0) is 12.8. The van der Waals surface area contributed by atoms with Gasteiger partial charge < -0.3 is 10.5 Å². The maximum Gasteiger partial charge on any atom is 0.303 e. The summed E-state index contributed by atoms with van der Waals surface area (Å²) in [5.74, 6) is -0.814. The van der Waals surface area contributed by atoms with Gasteiger partial charge in [0.15, 0.2) is 5.11 Å². The van der Waals surface area contributed by atoms with Gasteiger partial charge in [0, 0.05) is 13.1 Å². The van der Waals surface area contributed by atoms with Crippen LogP contribution in [0.25, 0.3) is 0 Å². The lowest BCUT2D eigenvalue weighted by atomic mass is 10.2. The molecule has 90 valence electrons. The van der Waals surface area contributed by atoms with Crippen molar-refractivity contribution in [1.82, 2.24) is 10.3 Å². The van der Waals surface area contributed by atoms with Crippen LogP contribution >= 0.6 is 12.2 Å². The Kier molecular flexibility index (Phi) is 4.53. The molecule has 1 heterocycles. The molecule has 17 heavy (non-hydrogen) atoms. The standard InChI is InChI=1S/C10H11N3O3S/c1-6(14)16-5-8-3-2-7(4-12-8)9(15)13-10(11)17/h2-4H,5H2,1H3,(H3,11,13,15,17). The first kappa shape index (κ1) is 13.0. The summed E-state index contributed by atoms with van der Waals surface area (Å²) in [4.78, 5) is 26.0. The first-order valence-electron chi connectivity index (χ1n) is 4.68. The Hall–Kier alpha value is -2.02. The third kappa shape index (κ3) is 4.56. The lowest BCUT2D eigenvalue weighted by Gasteiger charge is -2.04. The third-order valence-corrected chi connectivity index (χ3v) is 1.85. The number of carbonyl (C=O) groups excluding carboxylic acids is 2. The van der Waals surface area contributed by atoms with Gasteiger partial charge in [-0.3, -0.25) is 19.9 Å². The van der Waals surface area contributed by atoms with Crippen LogP contribution < -0.4 is 11.1 Å². The van der Waals surface area contributed by atoms with Crippen molar-refractivity contribution in [3.63, 3.8) is 0 Å². The van der Waals surface area contributed by atoms with Crippen LogP contribution in [0.5, 0.6) is 0 Å². The molecule has 0 aliphatic heterocycles.